The van der Waals surface area contributed by atoms with Crippen LogP contribution >= 0.6 is 0 Å². The highest BCUT2D eigenvalue weighted by Crippen LogP contribution is 2.43. The Morgan fingerprint density at radius 2 is 1.61 bits per heavy atom. The predicted octanol–water partition coefficient (Wildman–Crippen LogP) is 3.00. The van der Waals surface area contributed by atoms with E-state index in [1.807, 2.05) is 0 Å². The highest BCUT2D eigenvalue weighted by molar-refractivity contribution is 6.43. The number of anilines is 2. The third-order valence-electron chi connectivity index (χ3n) is 4.37. The van der Waals surface area contributed by atoms with Gasteiger partial charge in [0.05, 0.1) is 12.0 Å². The minimum Gasteiger partial charge on any atom is -0.497 e. The molecule has 12 heteroatoms. The summed E-state index contributed by atoms with van der Waals surface area (Å²) in [5.41, 5.74) is -1.36. The van der Waals surface area contributed by atoms with Gasteiger partial charge in [-0.05, 0) is 36.4 Å². The van der Waals surface area contributed by atoms with Crippen LogP contribution in [-0.4, -0.2) is 40.9 Å². The average molecular weight is 438 g/mol. The van der Waals surface area contributed by atoms with Crippen LogP contribution in [0.2, 0.25) is 0 Å². The molecule has 1 saturated heterocycles. The Hall–Kier alpha value is -3.93. The first-order valence-corrected chi connectivity index (χ1v) is 8.44. The summed E-state index contributed by atoms with van der Waals surface area (Å²) < 4.78 is 49.2. The Kier molecular flexibility index (Phi) is 5.42. The number of methoxy groups -OCH3 is 1. The van der Waals surface area contributed by atoms with E-state index in [1.54, 1.807) is 0 Å². The summed E-state index contributed by atoms with van der Waals surface area (Å²) in [6.07, 6.45) is -4.90. The maximum Gasteiger partial charge on any atom is 0.460 e. The normalized spacial score (nSPS) is 20.0. The molecule has 1 aliphatic rings. The molecular weight excluding hydrogens is 425 g/mol. The number of hydrogen-bond acceptors (Lipinski definition) is 8. The Bertz CT molecular complexity index is 1070. The van der Waals surface area contributed by atoms with E-state index in [4.69, 9.17) is 4.74 Å². The Morgan fingerprint density at radius 1 is 1.10 bits per heavy atom. The van der Waals surface area contributed by atoms with E-state index in [0.29, 0.717) is 11.9 Å². The number of Topliss-reactive ketones (excluding diaryl/α,β-unsaturated/α-hetero) is 1. The van der Waals surface area contributed by atoms with Crippen molar-refractivity contribution >= 4 is 28.8 Å². The van der Waals surface area contributed by atoms with Crippen LogP contribution in [0.1, 0.15) is 0 Å². The van der Waals surface area contributed by atoms with Gasteiger partial charge in [-0.2, -0.15) is 13.2 Å². The lowest BCUT2D eigenvalue weighted by molar-refractivity contribution is -0.384. The van der Waals surface area contributed by atoms with E-state index in [1.165, 1.54) is 43.5 Å². The first kappa shape index (κ1) is 21.8. The van der Waals surface area contributed by atoms with Crippen LogP contribution in [0.25, 0.3) is 0 Å². The molecule has 162 valence electrons. The van der Waals surface area contributed by atoms with Crippen molar-refractivity contribution in [3.05, 3.63) is 70.4 Å². The number of non-ortho nitro benzene ring substituents is 1. The second-order valence-corrected chi connectivity index (χ2v) is 6.24. The van der Waals surface area contributed by atoms with Gasteiger partial charge in [-0.25, -0.2) is 4.79 Å². The number of ketones is 1. The molecule has 0 radical (unpaired) electrons. The van der Waals surface area contributed by atoms with Crippen molar-refractivity contribution in [2.24, 2.45) is 0 Å². The SMILES string of the molecule is COc1ccc(N(C=C2C(=O)C(=O)OC2(O)C(F)(F)F)c2ccc([N+](=O)[O-])cc2)cc1. The molecule has 2 aromatic rings. The fourth-order valence-electron chi connectivity index (χ4n) is 2.76. The molecule has 0 amide bonds. The van der Waals surface area contributed by atoms with Crippen LogP contribution in [-0.2, 0) is 14.3 Å². The molecule has 0 spiro atoms. The molecule has 1 unspecified atom stereocenters. The zero-order chi connectivity index (χ0) is 23.0. The summed E-state index contributed by atoms with van der Waals surface area (Å²) in [6, 6.07) is 10.4. The molecule has 9 nitrogen and oxygen atoms in total. The molecule has 0 bridgehead atoms. The quantitative estimate of drug-likeness (QED) is 0.249. The van der Waals surface area contributed by atoms with Gasteiger partial charge in [0, 0.05) is 29.7 Å². The van der Waals surface area contributed by atoms with Crippen LogP contribution in [0, 0.1) is 10.1 Å². The number of carbonyl (C=O) groups excluding carboxylic acids is 2. The molecule has 31 heavy (non-hydrogen) atoms. The number of carbonyl (C=O) groups is 2. The van der Waals surface area contributed by atoms with Crippen molar-refractivity contribution in [2.45, 2.75) is 12.0 Å². The fourth-order valence-corrected chi connectivity index (χ4v) is 2.76. The zero-order valence-electron chi connectivity index (χ0n) is 15.6. The van der Waals surface area contributed by atoms with E-state index in [9.17, 15) is 38.0 Å². The Labute approximate surface area is 172 Å². The molecule has 0 saturated carbocycles. The molecule has 1 atom stereocenters. The topological polar surface area (TPSA) is 119 Å². The smallest absolute Gasteiger partial charge is 0.460 e. The van der Waals surface area contributed by atoms with Gasteiger partial charge >= 0.3 is 17.9 Å². The van der Waals surface area contributed by atoms with E-state index in [0.717, 1.165) is 17.0 Å². The molecule has 1 fully saturated rings. The molecule has 1 heterocycles. The number of hydrogen-bond donors (Lipinski definition) is 1. The maximum absolute atomic E-state index is 13.4. The van der Waals surface area contributed by atoms with Gasteiger partial charge in [-0.15, -0.1) is 0 Å². The Morgan fingerprint density at radius 3 is 2.06 bits per heavy atom. The lowest BCUT2D eigenvalue weighted by Gasteiger charge is -2.27. The van der Waals surface area contributed by atoms with Crippen molar-refractivity contribution in [3.63, 3.8) is 0 Å². The lowest BCUT2D eigenvalue weighted by Crippen LogP contribution is -2.47. The van der Waals surface area contributed by atoms with Crippen LogP contribution in [0.5, 0.6) is 5.75 Å². The number of ether oxygens (including phenoxy) is 2. The number of benzene rings is 2. The summed E-state index contributed by atoms with van der Waals surface area (Å²) >= 11 is 0. The summed E-state index contributed by atoms with van der Waals surface area (Å²) in [7, 11) is 1.40. The van der Waals surface area contributed by atoms with Crippen LogP contribution in [0.3, 0.4) is 0 Å². The predicted molar refractivity (Wildman–Crippen MR) is 98.4 cm³/mol. The Balaban J connectivity index is 2.18. The molecule has 2 aromatic carbocycles. The van der Waals surface area contributed by atoms with Crippen LogP contribution in [0.15, 0.2) is 60.3 Å². The van der Waals surface area contributed by atoms with Gasteiger partial charge in [-0.3, -0.25) is 14.9 Å². The fraction of sp³-hybridized carbons (Fsp3) is 0.158. The van der Waals surface area contributed by atoms with Crippen molar-refractivity contribution in [1.29, 1.82) is 0 Å². The molecule has 0 aliphatic carbocycles. The monoisotopic (exact) mass is 438 g/mol. The lowest BCUT2D eigenvalue weighted by atomic mass is 10.0. The summed E-state index contributed by atoms with van der Waals surface area (Å²) in [6.45, 7) is 0. The summed E-state index contributed by atoms with van der Waals surface area (Å²) in [5, 5.41) is 20.9. The highest BCUT2D eigenvalue weighted by atomic mass is 19.4. The third-order valence-corrected chi connectivity index (χ3v) is 4.37. The highest BCUT2D eigenvalue weighted by Gasteiger charge is 2.67. The van der Waals surface area contributed by atoms with Crippen molar-refractivity contribution in [1.82, 2.24) is 0 Å². The largest absolute Gasteiger partial charge is 0.497 e. The van der Waals surface area contributed by atoms with Gasteiger partial charge in [0.1, 0.15) is 11.3 Å². The second-order valence-electron chi connectivity index (χ2n) is 6.24. The van der Waals surface area contributed by atoms with E-state index in [-0.39, 0.29) is 17.1 Å². The van der Waals surface area contributed by atoms with Gasteiger partial charge in [0.25, 0.3) is 11.5 Å². The molecule has 0 aromatic heterocycles. The maximum atomic E-state index is 13.4. The number of esters is 1. The number of nitro benzene ring substituents is 1. The summed E-state index contributed by atoms with van der Waals surface area (Å²) in [4.78, 5) is 34.8. The summed E-state index contributed by atoms with van der Waals surface area (Å²) in [5.74, 6) is -7.28. The van der Waals surface area contributed by atoms with Gasteiger partial charge < -0.3 is 19.5 Å². The van der Waals surface area contributed by atoms with E-state index in [2.05, 4.69) is 4.74 Å². The number of alkyl halides is 3. The van der Waals surface area contributed by atoms with Gasteiger partial charge in [-0.1, -0.05) is 0 Å². The number of halogens is 3. The first-order valence-electron chi connectivity index (χ1n) is 8.44. The first-order chi connectivity index (χ1) is 14.5. The van der Waals surface area contributed by atoms with Crippen LogP contribution in [0.4, 0.5) is 30.2 Å². The minimum absolute atomic E-state index is 0.0972. The van der Waals surface area contributed by atoms with Crippen molar-refractivity contribution in [2.75, 3.05) is 12.0 Å². The van der Waals surface area contributed by atoms with Gasteiger partial charge in [0.15, 0.2) is 0 Å². The van der Waals surface area contributed by atoms with Gasteiger partial charge in [0.2, 0.25) is 0 Å². The molecule has 1 aliphatic heterocycles. The van der Waals surface area contributed by atoms with Crippen molar-refractivity contribution < 1.29 is 42.3 Å². The molecule has 1 N–H and O–H groups in total. The molecule has 3 rings (SSSR count). The standard InChI is InChI=1S/C19H13F3N2O7/c1-30-14-8-6-12(7-9-14)23(11-2-4-13(5-3-11)24(28)29)10-15-16(25)17(26)31-18(15,27)19(20,21)22/h2-10,27H,1H3. The average Bonchev–Trinajstić information content (AvgIpc) is 2.95. The number of aliphatic hydroxyl groups is 1. The van der Waals surface area contributed by atoms with Crippen molar-refractivity contribution in [3.8, 4) is 5.75 Å². The molecular formula is C19H13F3N2O7. The van der Waals surface area contributed by atoms with E-state index >= 15 is 0 Å². The third kappa shape index (κ3) is 3.92. The minimum atomic E-state index is -5.50. The number of cyclic esters (lactones) is 1. The van der Waals surface area contributed by atoms with E-state index < -0.39 is 34.2 Å². The number of nitro groups is 1. The van der Waals surface area contributed by atoms with Crippen LogP contribution < -0.4 is 9.64 Å². The zero-order valence-corrected chi connectivity index (χ0v) is 15.6. The number of rotatable bonds is 5. The second kappa shape index (κ2) is 7.72. The number of nitrogens with zero attached hydrogens (tertiary/aromatic N) is 2.